The molecule has 3 atom stereocenters. The third kappa shape index (κ3) is 1.94. The van der Waals surface area contributed by atoms with E-state index in [0.29, 0.717) is 12.2 Å². The van der Waals surface area contributed by atoms with Crippen molar-refractivity contribution < 1.29 is 24.2 Å². The normalized spacial score (nSPS) is 32.5. The molecule has 2 unspecified atom stereocenters. The average Bonchev–Trinajstić information content (AvgIpc) is 2.80. The van der Waals surface area contributed by atoms with Gasteiger partial charge in [0, 0.05) is 18.2 Å². The molecule has 0 bridgehead atoms. The number of amides is 1. The summed E-state index contributed by atoms with van der Waals surface area (Å²) in [7, 11) is 0. The van der Waals surface area contributed by atoms with Gasteiger partial charge < -0.3 is 9.84 Å². The zero-order valence-corrected chi connectivity index (χ0v) is 10.6. The van der Waals surface area contributed by atoms with E-state index in [-0.39, 0.29) is 29.0 Å². The molecule has 0 aromatic carbocycles. The number of thioether (sulfide) groups is 1. The van der Waals surface area contributed by atoms with Crippen LogP contribution in [0.2, 0.25) is 0 Å². The molecule has 3 rings (SSSR count). The Bertz CT molecular complexity index is 526. The van der Waals surface area contributed by atoms with Gasteiger partial charge >= 0.3 is 11.9 Å². The summed E-state index contributed by atoms with van der Waals surface area (Å²) < 4.78 is 5.01. The molecule has 7 heteroatoms. The van der Waals surface area contributed by atoms with Crippen molar-refractivity contribution in [3.8, 4) is 0 Å². The lowest BCUT2D eigenvalue weighted by Gasteiger charge is -2.48. The predicted molar refractivity (Wildman–Crippen MR) is 65.9 cm³/mol. The van der Waals surface area contributed by atoms with Crippen molar-refractivity contribution in [3.63, 3.8) is 0 Å². The second-order valence-electron chi connectivity index (χ2n) is 4.50. The summed E-state index contributed by atoms with van der Waals surface area (Å²) in [4.78, 5) is 35.3. The van der Waals surface area contributed by atoms with Crippen LogP contribution in [0.3, 0.4) is 0 Å². The number of nitrogens with zero attached hydrogens (tertiary/aromatic N) is 1. The van der Waals surface area contributed by atoms with E-state index in [1.165, 1.54) is 22.7 Å². The lowest BCUT2D eigenvalue weighted by Crippen LogP contribution is -2.61. The molecule has 0 aliphatic carbocycles. The van der Waals surface area contributed by atoms with Gasteiger partial charge in [-0.05, 0) is 12.2 Å². The maximum Gasteiger partial charge on any atom is 0.352 e. The van der Waals surface area contributed by atoms with Crippen LogP contribution in [0.5, 0.6) is 0 Å². The summed E-state index contributed by atoms with van der Waals surface area (Å²) in [6.07, 6.45) is 4.58. The lowest BCUT2D eigenvalue weighted by atomic mass is 9.90. The van der Waals surface area contributed by atoms with E-state index >= 15 is 0 Å². The van der Waals surface area contributed by atoms with Crippen LogP contribution < -0.4 is 0 Å². The molecule has 1 N–H and O–H groups in total. The van der Waals surface area contributed by atoms with Crippen LogP contribution in [0.4, 0.5) is 0 Å². The molecule has 0 spiro atoms. The molecule has 3 aliphatic rings. The second-order valence-corrected chi connectivity index (χ2v) is 5.65. The fraction of sp³-hybridized carbons (Fsp3) is 0.417. The number of carboxylic acids is 1. The van der Waals surface area contributed by atoms with Crippen molar-refractivity contribution in [2.75, 3.05) is 5.75 Å². The molecule has 6 nitrogen and oxygen atoms in total. The molecule has 0 aromatic rings. The molecule has 0 radical (unpaired) electrons. The first-order valence-corrected chi connectivity index (χ1v) is 6.90. The zero-order valence-electron chi connectivity index (χ0n) is 9.81. The summed E-state index contributed by atoms with van der Waals surface area (Å²) >= 11 is 1.53. The van der Waals surface area contributed by atoms with Gasteiger partial charge in [-0.15, -0.1) is 11.8 Å². The number of β-lactam (4-membered cyclic amide) rings is 1. The van der Waals surface area contributed by atoms with Gasteiger partial charge in [0.25, 0.3) is 0 Å². The lowest BCUT2D eigenvalue weighted by molar-refractivity contribution is -0.155. The Balaban J connectivity index is 1.70. The molecular formula is C12H11NO5S. The number of carboxylic acid groups (broad SMARTS) is 1. The predicted octanol–water partition coefficient (Wildman–Crippen LogP) is 0.358. The number of aliphatic carboxylic acids is 1. The Kier molecular flexibility index (Phi) is 2.85. The Morgan fingerprint density at radius 3 is 2.95 bits per heavy atom. The van der Waals surface area contributed by atoms with Crippen LogP contribution in [0.1, 0.15) is 6.42 Å². The molecular weight excluding hydrogens is 270 g/mol. The fourth-order valence-electron chi connectivity index (χ4n) is 2.49. The van der Waals surface area contributed by atoms with Crippen LogP contribution >= 0.6 is 11.8 Å². The van der Waals surface area contributed by atoms with Crippen LogP contribution in [0.15, 0.2) is 23.9 Å². The number of rotatable bonds is 3. The third-order valence-electron chi connectivity index (χ3n) is 3.38. The highest BCUT2D eigenvalue weighted by Gasteiger charge is 2.52. The van der Waals surface area contributed by atoms with Gasteiger partial charge in [0.15, 0.2) is 0 Å². The fourth-order valence-corrected chi connectivity index (χ4v) is 3.77. The molecule has 0 saturated carbocycles. The maximum atomic E-state index is 12.0. The van der Waals surface area contributed by atoms with E-state index in [4.69, 9.17) is 9.84 Å². The minimum atomic E-state index is -1.08. The number of cyclic esters (lactones) is 1. The molecule has 19 heavy (non-hydrogen) atoms. The summed E-state index contributed by atoms with van der Waals surface area (Å²) in [5, 5.41) is 8.88. The molecule has 1 saturated heterocycles. The van der Waals surface area contributed by atoms with Gasteiger partial charge in [0.1, 0.15) is 11.8 Å². The van der Waals surface area contributed by atoms with Gasteiger partial charge in [-0.25, -0.2) is 9.59 Å². The van der Waals surface area contributed by atoms with Crippen molar-refractivity contribution in [2.24, 2.45) is 5.92 Å². The number of carbonyl (C=O) groups excluding carboxylic acids is 2. The van der Waals surface area contributed by atoms with Gasteiger partial charge in [0.05, 0.1) is 11.3 Å². The summed E-state index contributed by atoms with van der Waals surface area (Å²) in [6.45, 7) is 0. The number of esters is 1. The molecule has 100 valence electrons. The second kappa shape index (κ2) is 4.41. The molecule has 3 aliphatic heterocycles. The highest BCUT2D eigenvalue weighted by molar-refractivity contribution is 8.00. The average molecular weight is 281 g/mol. The number of hydrogen-bond acceptors (Lipinski definition) is 5. The highest BCUT2D eigenvalue weighted by atomic mass is 32.2. The molecule has 1 fully saturated rings. The quantitative estimate of drug-likeness (QED) is 0.594. The minimum Gasteiger partial charge on any atom is -0.477 e. The summed E-state index contributed by atoms with van der Waals surface area (Å²) in [5.74, 6) is -1.39. The van der Waals surface area contributed by atoms with E-state index < -0.39 is 11.9 Å². The summed E-state index contributed by atoms with van der Waals surface area (Å²) in [5.41, 5.74) is 0.0592. The van der Waals surface area contributed by atoms with Crippen LogP contribution in [-0.2, 0) is 19.1 Å². The van der Waals surface area contributed by atoms with Crippen molar-refractivity contribution in [2.45, 2.75) is 17.9 Å². The zero-order chi connectivity index (χ0) is 13.6. The van der Waals surface area contributed by atoms with Crippen LogP contribution in [0.25, 0.3) is 0 Å². The SMILES string of the molecule is O=C1C=CC(CC2C(=O)N3C(C(=O)O)=CCS[C@@H]23)O1. The summed E-state index contributed by atoms with van der Waals surface area (Å²) in [6, 6.07) is 0. The van der Waals surface area contributed by atoms with Crippen molar-refractivity contribution >= 4 is 29.6 Å². The Labute approximate surface area is 113 Å². The van der Waals surface area contributed by atoms with E-state index in [9.17, 15) is 14.4 Å². The Morgan fingerprint density at radius 1 is 1.53 bits per heavy atom. The number of ether oxygens (including phenoxy) is 1. The first-order chi connectivity index (χ1) is 9.08. The van der Waals surface area contributed by atoms with E-state index in [1.807, 2.05) is 0 Å². The van der Waals surface area contributed by atoms with Gasteiger partial charge in [-0.1, -0.05) is 0 Å². The smallest absolute Gasteiger partial charge is 0.352 e. The topological polar surface area (TPSA) is 83.9 Å². The van der Waals surface area contributed by atoms with Crippen LogP contribution in [-0.4, -0.2) is 45.1 Å². The first-order valence-electron chi connectivity index (χ1n) is 5.85. The molecule has 0 aromatic heterocycles. The minimum absolute atomic E-state index is 0.0592. The number of fused-ring (bicyclic) bond motifs is 1. The number of hydrogen-bond donors (Lipinski definition) is 1. The Hall–Kier alpha value is -1.76. The largest absolute Gasteiger partial charge is 0.477 e. The van der Waals surface area contributed by atoms with Gasteiger partial charge in [-0.2, -0.15) is 0 Å². The highest BCUT2D eigenvalue weighted by Crippen LogP contribution is 2.43. The van der Waals surface area contributed by atoms with E-state index in [2.05, 4.69) is 0 Å². The van der Waals surface area contributed by atoms with Crippen LogP contribution in [0, 0.1) is 5.92 Å². The van der Waals surface area contributed by atoms with Gasteiger partial charge in [0.2, 0.25) is 5.91 Å². The number of carbonyl (C=O) groups is 3. The van der Waals surface area contributed by atoms with Crippen molar-refractivity contribution in [3.05, 3.63) is 23.9 Å². The van der Waals surface area contributed by atoms with E-state index in [0.717, 1.165) is 0 Å². The third-order valence-corrected chi connectivity index (χ3v) is 4.62. The van der Waals surface area contributed by atoms with Crippen molar-refractivity contribution in [1.82, 2.24) is 4.90 Å². The first kappa shape index (κ1) is 12.3. The standard InChI is InChI=1S/C12H11NO5S/c14-9-2-1-6(18-9)5-7-10(15)13-8(12(16)17)3-4-19-11(7)13/h1-3,6-7,11H,4-5H2,(H,16,17)/t6?,7?,11-/m0/s1. The van der Waals surface area contributed by atoms with Crippen molar-refractivity contribution in [1.29, 1.82) is 0 Å². The molecule has 3 heterocycles. The monoisotopic (exact) mass is 281 g/mol. The van der Waals surface area contributed by atoms with E-state index in [1.54, 1.807) is 12.2 Å². The maximum absolute atomic E-state index is 12.0. The molecule has 1 amide bonds. The van der Waals surface area contributed by atoms with Gasteiger partial charge in [-0.3, -0.25) is 9.69 Å². The Morgan fingerprint density at radius 2 is 2.32 bits per heavy atom.